The molecule has 2 amide bonds. The van der Waals surface area contributed by atoms with Crippen LogP contribution in [0.15, 0.2) is 42.5 Å². The van der Waals surface area contributed by atoms with E-state index < -0.39 is 6.09 Å². The molecule has 7 nitrogen and oxygen atoms in total. The molecule has 7 heteroatoms. The number of benzene rings is 2. The van der Waals surface area contributed by atoms with Crippen LogP contribution in [0, 0.1) is 0 Å². The van der Waals surface area contributed by atoms with Crippen LogP contribution in [-0.2, 0) is 11.3 Å². The van der Waals surface area contributed by atoms with E-state index in [9.17, 15) is 14.7 Å². The van der Waals surface area contributed by atoms with Crippen molar-refractivity contribution in [1.82, 2.24) is 15.1 Å². The summed E-state index contributed by atoms with van der Waals surface area (Å²) in [5.41, 5.74) is 5.02. The van der Waals surface area contributed by atoms with Crippen LogP contribution in [0.2, 0.25) is 0 Å². The van der Waals surface area contributed by atoms with Crippen molar-refractivity contribution in [3.05, 3.63) is 53.6 Å². The molecular weight excluding hydrogens is 404 g/mol. The number of rotatable bonds is 4. The molecule has 0 spiro atoms. The fourth-order valence-corrected chi connectivity index (χ4v) is 4.88. The van der Waals surface area contributed by atoms with Crippen molar-refractivity contribution in [1.29, 1.82) is 0 Å². The van der Waals surface area contributed by atoms with E-state index in [-0.39, 0.29) is 18.0 Å². The summed E-state index contributed by atoms with van der Waals surface area (Å²) in [6.07, 6.45) is -0.505. The number of anilines is 1. The van der Waals surface area contributed by atoms with Crippen molar-refractivity contribution in [2.24, 2.45) is 0 Å². The normalized spacial score (nSPS) is 21.8. The van der Waals surface area contributed by atoms with Crippen molar-refractivity contribution in [3.63, 3.8) is 0 Å². The van der Waals surface area contributed by atoms with Crippen LogP contribution >= 0.6 is 0 Å². The maximum atomic E-state index is 12.3. The van der Waals surface area contributed by atoms with E-state index in [0.29, 0.717) is 6.42 Å². The fraction of sp³-hybridized carbons (Fsp3) is 0.440. The molecule has 2 aromatic carbocycles. The molecular formula is C25H32N4O3. The zero-order valence-corrected chi connectivity index (χ0v) is 19.0. The number of amides is 2. The van der Waals surface area contributed by atoms with E-state index in [0.717, 1.165) is 55.1 Å². The summed E-state index contributed by atoms with van der Waals surface area (Å²) in [5, 5.41) is 12.0. The Labute approximate surface area is 189 Å². The number of fused-ring (bicyclic) bond motifs is 1. The smallest absolute Gasteiger partial charge is 0.405 e. The molecule has 2 aliphatic rings. The number of carboxylic acid groups (broad SMARTS) is 1. The van der Waals surface area contributed by atoms with Crippen molar-refractivity contribution in [2.45, 2.75) is 38.9 Å². The zero-order valence-electron chi connectivity index (χ0n) is 19.0. The van der Waals surface area contributed by atoms with Gasteiger partial charge in [0.15, 0.2) is 0 Å². The van der Waals surface area contributed by atoms with Crippen LogP contribution < -0.4 is 10.2 Å². The van der Waals surface area contributed by atoms with Gasteiger partial charge in [-0.3, -0.25) is 9.69 Å². The summed E-state index contributed by atoms with van der Waals surface area (Å²) in [7, 11) is 2.16. The molecule has 1 saturated heterocycles. The topological polar surface area (TPSA) is 76.1 Å². The van der Waals surface area contributed by atoms with E-state index in [1.165, 1.54) is 5.56 Å². The van der Waals surface area contributed by atoms with Crippen molar-refractivity contribution in [3.8, 4) is 11.1 Å². The van der Waals surface area contributed by atoms with Crippen LogP contribution in [0.25, 0.3) is 11.1 Å². The number of piperazine rings is 1. The Balaban J connectivity index is 1.58. The van der Waals surface area contributed by atoms with Crippen LogP contribution in [0.4, 0.5) is 10.5 Å². The highest BCUT2D eigenvalue weighted by molar-refractivity contribution is 5.94. The molecule has 2 aromatic rings. The molecule has 4 rings (SSSR count). The monoisotopic (exact) mass is 436 g/mol. The molecule has 170 valence electrons. The van der Waals surface area contributed by atoms with Gasteiger partial charge in [0.05, 0.1) is 6.04 Å². The maximum Gasteiger partial charge on any atom is 0.405 e. The minimum absolute atomic E-state index is 0.0338. The fourth-order valence-electron chi connectivity index (χ4n) is 4.88. The average molecular weight is 437 g/mol. The number of carbonyl (C=O) groups excluding carboxylic acids is 1. The van der Waals surface area contributed by atoms with Crippen LogP contribution in [0.3, 0.4) is 0 Å². The average Bonchev–Trinajstić information content (AvgIpc) is 2.75. The van der Waals surface area contributed by atoms with Crippen molar-refractivity contribution in [2.75, 3.05) is 38.1 Å². The largest absolute Gasteiger partial charge is 0.465 e. The predicted octanol–water partition coefficient (Wildman–Crippen LogP) is 3.55. The minimum Gasteiger partial charge on any atom is -0.465 e. The van der Waals surface area contributed by atoms with Gasteiger partial charge < -0.3 is 20.2 Å². The Hall–Kier alpha value is -2.90. The Morgan fingerprint density at radius 3 is 2.31 bits per heavy atom. The molecule has 2 aliphatic heterocycles. The molecule has 0 saturated carbocycles. The van der Waals surface area contributed by atoms with Gasteiger partial charge in [-0.15, -0.1) is 0 Å². The first-order valence-electron chi connectivity index (χ1n) is 11.2. The number of nitrogens with one attached hydrogen (secondary N) is 1. The third-order valence-electron chi connectivity index (χ3n) is 6.61. The molecule has 2 unspecified atom stereocenters. The summed E-state index contributed by atoms with van der Waals surface area (Å²) in [6.45, 7) is 8.85. The minimum atomic E-state index is -1.05. The lowest BCUT2D eigenvalue weighted by atomic mass is 9.89. The van der Waals surface area contributed by atoms with Gasteiger partial charge in [-0.1, -0.05) is 30.3 Å². The number of hydrogen-bond acceptors (Lipinski definition) is 4. The lowest BCUT2D eigenvalue weighted by molar-refractivity contribution is -0.117. The van der Waals surface area contributed by atoms with Gasteiger partial charge in [-0.2, -0.15) is 0 Å². The Morgan fingerprint density at radius 1 is 1.03 bits per heavy atom. The highest BCUT2D eigenvalue weighted by Crippen LogP contribution is 2.39. The molecule has 0 aromatic heterocycles. The highest BCUT2D eigenvalue weighted by Gasteiger charge is 2.33. The van der Waals surface area contributed by atoms with Crippen molar-refractivity contribution >= 4 is 17.7 Å². The van der Waals surface area contributed by atoms with E-state index >= 15 is 0 Å². The first kappa shape index (κ1) is 22.3. The van der Waals surface area contributed by atoms with Crippen LogP contribution in [0.5, 0.6) is 0 Å². The maximum absolute atomic E-state index is 12.3. The molecule has 2 heterocycles. The molecule has 0 radical (unpaired) electrons. The second-order valence-corrected chi connectivity index (χ2v) is 9.03. The first-order valence-corrected chi connectivity index (χ1v) is 11.2. The van der Waals surface area contributed by atoms with Gasteiger partial charge in [0.2, 0.25) is 5.91 Å². The second kappa shape index (κ2) is 9.30. The number of hydrogen-bond donors (Lipinski definition) is 2. The third-order valence-corrected chi connectivity index (χ3v) is 6.61. The lowest BCUT2D eigenvalue weighted by Gasteiger charge is -2.39. The molecule has 0 bridgehead atoms. The Kier molecular flexibility index (Phi) is 6.48. The lowest BCUT2D eigenvalue weighted by Crippen LogP contribution is -2.45. The van der Waals surface area contributed by atoms with Crippen molar-refractivity contribution < 1.29 is 14.7 Å². The highest BCUT2D eigenvalue weighted by atomic mass is 16.4. The molecule has 1 fully saturated rings. The SMILES string of the molecule is CC(=O)N1c2ccc(-c3ccc(CN4CCN(C)CC4)cc3)cc2C(NC(=O)O)CC1C. The standard InChI is InChI=1S/C25H32N4O3/c1-17-14-23(26-25(31)32)22-15-21(8-9-24(22)29(17)18(2)30)20-6-4-19(5-7-20)16-28-12-10-27(3)11-13-28/h4-9,15,17,23,26H,10-14,16H2,1-3H3,(H,31,32). The summed E-state index contributed by atoms with van der Waals surface area (Å²) >= 11 is 0. The van der Waals surface area contributed by atoms with Crippen LogP contribution in [0.1, 0.15) is 37.4 Å². The van der Waals surface area contributed by atoms with E-state index in [2.05, 4.69) is 46.4 Å². The summed E-state index contributed by atoms with van der Waals surface area (Å²) in [6, 6.07) is 14.2. The Morgan fingerprint density at radius 2 is 1.69 bits per heavy atom. The molecule has 0 aliphatic carbocycles. The van der Waals surface area contributed by atoms with E-state index in [1.54, 1.807) is 11.8 Å². The number of nitrogens with zero attached hydrogens (tertiary/aromatic N) is 3. The predicted molar refractivity (Wildman–Crippen MR) is 126 cm³/mol. The first-order chi connectivity index (χ1) is 15.3. The van der Waals surface area contributed by atoms with E-state index in [4.69, 9.17) is 0 Å². The van der Waals surface area contributed by atoms with Gasteiger partial charge in [-0.25, -0.2) is 4.79 Å². The van der Waals surface area contributed by atoms with Gasteiger partial charge in [-0.05, 0) is 54.8 Å². The molecule has 2 atom stereocenters. The van der Waals surface area contributed by atoms with Gasteiger partial charge in [0.25, 0.3) is 0 Å². The summed E-state index contributed by atoms with van der Waals surface area (Å²) in [5.74, 6) is -0.0338. The van der Waals surface area contributed by atoms with Gasteiger partial charge in [0, 0.05) is 51.4 Å². The van der Waals surface area contributed by atoms with Gasteiger partial charge in [0.1, 0.15) is 0 Å². The third kappa shape index (κ3) is 4.79. The summed E-state index contributed by atoms with van der Waals surface area (Å²) in [4.78, 5) is 30.2. The Bertz CT molecular complexity index is 983. The quantitative estimate of drug-likeness (QED) is 0.767. The second-order valence-electron chi connectivity index (χ2n) is 9.03. The number of carbonyl (C=O) groups is 2. The molecule has 2 N–H and O–H groups in total. The summed E-state index contributed by atoms with van der Waals surface area (Å²) < 4.78 is 0. The van der Waals surface area contributed by atoms with Crippen LogP contribution in [-0.4, -0.2) is 66.2 Å². The van der Waals surface area contributed by atoms with E-state index in [1.807, 2.05) is 25.1 Å². The zero-order chi connectivity index (χ0) is 22.8. The molecule has 32 heavy (non-hydrogen) atoms. The number of likely N-dealkylation sites (N-methyl/N-ethyl adjacent to an activating group) is 1. The van der Waals surface area contributed by atoms with Gasteiger partial charge >= 0.3 is 6.09 Å².